The molecule has 0 spiro atoms. The molecule has 0 saturated carbocycles. The highest BCUT2D eigenvalue weighted by molar-refractivity contribution is 6.18. The van der Waals surface area contributed by atoms with Crippen LogP contribution in [0.4, 0.5) is 0 Å². The van der Waals surface area contributed by atoms with Gasteiger partial charge in [0.05, 0.1) is 0 Å². The van der Waals surface area contributed by atoms with Crippen LogP contribution in [-0.4, -0.2) is 15.4 Å². The van der Waals surface area contributed by atoms with Gasteiger partial charge in [-0.2, -0.15) is 0 Å². The Morgan fingerprint density at radius 1 is 1.57 bits per heavy atom. The molecule has 2 heterocycles. The number of fused-ring (bicyclic) bond motifs is 1. The number of hydrogen-bond acceptors (Lipinski definition) is 1. The second kappa shape index (κ2) is 3.50. The Hall–Kier alpha value is -1.22. The van der Waals surface area contributed by atoms with Gasteiger partial charge in [-0.3, -0.25) is 4.79 Å². The summed E-state index contributed by atoms with van der Waals surface area (Å²) in [5, 5.41) is 0.950. The van der Waals surface area contributed by atoms with Crippen molar-refractivity contribution in [2.75, 3.05) is 5.88 Å². The van der Waals surface area contributed by atoms with Gasteiger partial charge in [0, 0.05) is 29.7 Å². The third-order valence-electron chi connectivity index (χ3n) is 2.34. The van der Waals surface area contributed by atoms with Crippen molar-refractivity contribution >= 4 is 22.5 Å². The molecule has 2 aromatic heterocycles. The molecule has 1 unspecified atom stereocenters. The molecule has 2 rings (SSSR count). The van der Waals surface area contributed by atoms with E-state index in [1.165, 1.54) is 0 Å². The Morgan fingerprint density at radius 2 is 2.36 bits per heavy atom. The summed E-state index contributed by atoms with van der Waals surface area (Å²) in [7, 11) is 0. The summed E-state index contributed by atoms with van der Waals surface area (Å²) in [6, 6.07) is 3.94. The lowest BCUT2D eigenvalue weighted by molar-refractivity contribution is 0.627. The van der Waals surface area contributed by atoms with E-state index in [1.807, 2.05) is 29.8 Å². The van der Waals surface area contributed by atoms with Gasteiger partial charge in [-0.15, -0.1) is 11.6 Å². The van der Waals surface area contributed by atoms with E-state index in [2.05, 4.69) is 4.98 Å². The molecule has 0 bridgehead atoms. The smallest absolute Gasteiger partial charge is 0.272 e. The van der Waals surface area contributed by atoms with Crippen molar-refractivity contribution in [2.24, 2.45) is 0 Å². The maximum Gasteiger partial charge on any atom is 0.272 e. The molecule has 14 heavy (non-hydrogen) atoms. The van der Waals surface area contributed by atoms with Gasteiger partial charge >= 0.3 is 0 Å². The number of halogens is 1. The molecule has 3 nitrogen and oxygen atoms in total. The van der Waals surface area contributed by atoms with Gasteiger partial charge in [-0.25, -0.2) is 0 Å². The van der Waals surface area contributed by atoms with Gasteiger partial charge in [-0.1, -0.05) is 0 Å². The van der Waals surface area contributed by atoms with Crippen LogP contribution < -0.4 is 5.56 Å². The van der Waals surface area contributed by atoms with Crippen molar-refractivity contribution in [3.05, 3.63) is 34.9 Å². The van der Waals surface area contributed by atoms with Crippen molar-refractivity contribution in [1.29, 1.82) is 0 Å². The van der Waals surface area contributed by atoms with Crippen molar-refractivity contribution in [2.45, 2.75) is 13.0 Å². The van der Waals surface area contributed by atoms with Crippen LogP contribution in [0.25, 0.3) is 10.9 Å². The lowest BCUT2D eigenvalue weighted by atomic mass is 10.3. The lowest BCUT2D eigenvalue weighted by Crippen LogP contribution is -2.13. The third kappa shape index (κ3) is 1.34. The van der Waals surface area contributed by atoms with Crippen LogP contribution in [0.2, 0.25) is 0 Å². The molecule has 0 amide bonds. The Bertz CT molecular complexity index is 500. The van der Waals surface area contributed by atoms with Crippen molar-refractivity contribution in [3.8, 4) is 0 Å². The standard InChI is InChI=1S/C10H11ClN2O/c1-7(6-11)13-5-3-8-2-4-12-10(14)9(8)13/h2-5,7H,6H2,1H3,(H,12,14). The number of nitrogens with one attached hydrogen (secondary N) is 1. The first kappa shape index (κ1) is 9.34. The van der Waals surface area contributed by atoms with E-state index in [0.29, 0.717) is 11.4 Å². The van der Waals surface area contributed by atoms with E-state index in [0.717, 1.165) is 5.39 Å². The first-order chi connectivity index (χ1) is 6.74. The summed E-state index contributed by atoms with van der Waals surface area (Å²) < 4.78 is 1.90. The Kier molecular flexibility index (Phi) is 2.33. The predicted octanol–water partition coefficient (Wildman–Crippen LogP) is 2.13. The maximum atomic E-state index is 11.6. The Morgan fingerprint density at radius 3 is 3.07 bits per heavy atom. The van der Waals surface area contributed by atoms with E-state index >= 15 is 0 Å². The normalized spacial score (nSPS) is 13.3. The molecule has 0 aliphatic carbocycles. The second-order valence-corrected chi connectivity index (χ2v) is 3.65. The molecule has 0 aliphatic heterocycles. The van der Waals surface area contributed by atoms with Crippen LogP contribution in [0, 0.1) is 0 Å². The van der Waals surface area contributed by atoms with Crippen LogP contribution in [0.15, 0.2) is 29.3 Å². The summed E-state index contributed by atoms with van der Waals surface area (Å²) >= 11 is 5.76. The van der Waals surface area contributed by atoms with E-state index < -0.39 is 0 Å². The van der Waals surface area contributed by atoms with Crippen LogP contribution in [0.3, 0.4) is 0 Å². The number of aromatic nitrogens is 2. The average molecular weight is 211 g/mol. The minimum absolute atomic E-state index is 0.0653. The third-order valence-corrected chi connectivity index (χ3v) is 2.78. The first-order valence-corrected chi connectivity index (χ1v) is 5.01. The summed E-state index contributed by atoms with van der Waals surface area (Å²) in [6.07, 6.45) is 3.55. The quantitative estimate of drug-likeness (QED) is 0.758. The number of hydrogen-bond donors (Lipinski definition) is 1. The van der Waals surface area contributed by atoms with Crippen LogP contribution in [-0.2, 0) is 0 Å². The first-order valence-electron chi connectivity index (χ1n) is 4.48. The summed E-state index contributed by atoms with van der Waals surface area (Å²) in [5.74, 6) is 0.498. The van der Waals surface area contributed by atoms with Crippen LogP contribution in [0.1, 0.15) is 13.0 Å². The fraction of sp³-hybridized carbons (Fsp3) is 0.300. The van der Waals surface area contributed by atoms with E-state index in [4.69, 9.17) is 11.6 Å². The van der Waals surface area contributed by atoms with Crippen molar-refractivity contribution in [3.63, 3.8) is 0 Å². The van der Waals surface area contributed by atoms with Gasteiger partial charge in [0.15, 0.2) is 0 Å². The van der Waals surface area contributed by atoms with Gasteiger partial charge in [0.2, 0.25) is 0 Å². The fourth-order valence-electron chi connectivity index (χ4n) is 1.56. The number of nitrogens with zero attached hydrogens (tertiary/aromatic N) is 1. The predicted molar refractivity (Wildman–Crippen MR) is 58.0 cm³/mol. The largest absolute Gasteiger partial charge is 0.339 e. The summed E-state index contributed by atoms with van der Waals surface area (Å²) in [4.78, 5) is 14.2. The van der Waals surface area contributed by atoms with Crippen molar-refractivity contribution < 1.29 is 0 Å². The molecular weight excluding hydrogens is 200 g/mol. The second-order valence-electron chi connectivity index (χ2n) is 3.34. The molecule has 74 valence electrons. The monoisotopic (exact) mass is 210 g/mol. The minimum Gasteiger partial charge on any atom is -0.339 e. The number of alkyl halides is 1. The van der Waals surface area contributed by atoms with Gasteiger partial charge < -0.3 is 9.55 Å². The van der Waals surface area contributed by atoms with E-state index in [9.17, 15) is 4.79 Å². The molecule has 0 aliphatic rings. The highest BCUT2D eigenvalue weighted by Crippen LogP contribution is 2.16. The average Bonchev–Trinajstić information content (AvgIpc) is 2.62. The van der Waals surface area contributed by atoms with Crippen molar-refractivity contribution in [1.82, 2.24) is 9.55 Å². The molecular formula is C10H11ClN2O. The van der Waals surface area contributed by atoms with Gasteiger partial charge in [-0.05, 0) is 19.1 Å². The van der Waals surface area contributed by atoms with Crippen LogP contribution in [0.5, 0.6) is 0 Å². The molecule has 1 N–H and O–H groups in total. The molecule has 0 radical (unpaired) electrons. The van der Waals surface area contributed by atoms with E-state index in [-0.39, 0.29) is 11.6 Å². The maximum absolute atomic E-state index is 11.6. The Labute approximate surface area is 86.3 Å². The molecule has 0 aromatic carbocycles. The highest BCUT2D eigenvalue weighted by atomic mass is 35.5. The van der Waals surface area contributed by atoms with Gasteiger partial charge in [0.1, 0.15) is 5.52 Å². The number of pyridine rings is 1. The zero-order valence-corrected chi connectivity index (χ0v) is 8.58. The topological polar surface area (TPSA) is 37.8 Å². The molecule has 1 atom stereocenters. The lowest BCUT2D eigenvalue weighted by Gasteiger charge is -2.10. The summed E-state index contributed by atoms with van der Waals surface area (Å²) in [6.45, 7) is 1.98. The van der Waals surface area contributed by atoms with Crippen LogP contribution >= 0.6 is 11.6 Å². The number of H-pyrrole nitrogens is 1. The number of rotatable bonds is 2. The Balaban J connectivity index is 2.73. The minimum atomic E-state index is -0.0653. The molecule has 4 heteroatoms. The molecule has 0 fully saturated rings. The van der Waals surface area contributed by atoms with E-state index in [1.54, 1.807) is 6.20 Å². The summed E-state index contributed by atoms with van der Waals surface area (Å²) in [5.41, 5.74) is 0.630. The molecule has 2 aromatic rings. The van der Waals surface area contributed by atoms with Gasteiger partial charge in [0.25, 0.3) is 5.56 Å². The number of aromatic amines is 1. The highest BCUT2D eigenvalue weighted by Gasteiger charge is 2.09. The fourth-order valence-corrected chi connectivity index (χ4v) is 1.71. The zero-order chi connectivity index (χ0) is 10.1. The molecule has 0 saturated heterocycles. The zero-order valence-electron chi connectivity index (χ0n) is 7.83. The SMILES string of the molecule is CC(CCl)n1ccc2cc[nH]c(=O)c21.